The summed E-state index contributed by atoms with van der Waals surface area (Å²) >= 11 is 0. The van der Waals surface area contributed by atoms with Gasteiger partial charge in [-0.05, 0) is 122 Å². The normalized spacial score (nSPS) is 13.2. The summed E-state index contributed by atoms with van der Waals surface area (Å²) < 4.78 is 1.77. The topological polar surface area (TPSA) is 141 Å². The lowest BCUT2D eigenvalue weighted by molar-refractivity contribution is -0.137. The molecule has 5 rings (SSSR count). The molecule has 0 fully saturated rings. The predicted octanol–water partition coefficient (Wildman–Crippen LogP) is 7.07. The second kappa shape index (κ2) is 12.2. The van der Waals surface area contributed by atoms with Gasteiger partial charge in [0, 0.05) is 34.9 Å². The van der Waals surface area contributed by atoms with Gasteiger partial charge in [0.25, 0.3) is 0 Å². The molecule has 3 aromatic rings. The summed E-state index contributed by atoms with van der Waals surface area (Å²) in [6.07, 6.45) is 2.04. The van der Waals surface area contributed by atoms with Gasteiger partial charge in [0.1, 0.15) is 6.73 Å². The zero-order valence-electron chi connectivity index (χ0n) is 26.3. The number of rotatable bonds is 9. The van der Waals surface area contributed by atoms with Crippen LogP contribution in [0.15, 0.2) is 24.3 Å². The van der Waals surface area contributed by atoms with E-state index in [1.54, 1.807) is 4.57 Å². The Morgan fingerprint density at radius 3 is 1.86 bits per heavy atom. The molecule has 9 nitrogen and oxygen atoms in total. The summed E-state index contributed by atoms with van der Waals surface area (Å²) in [6.45, 7) is 12.0. The molecule has 0 aromatic carbocycles. The highest BCUT2D eigenvalue weighted by Gasteiger charge is 2.22. The Morgan fingerprint density at radius 2 is 1.27 bits per heavy atom. The Kier molecular flexibility index (Phi) is 8.61. The van der Waals surface area contributed by atoms with Gasteiger partial charge in [0.2, 0.25) is 0 Å². The molecule has 5 heterocycles. The number of aryl methyl sites for hydroxylation is 4. The quantitative estimate of drug-likeness (QED) is 0.207. The van der Waals surface area contributed by atoms with Crippen LogP contribution in [0.2, 0.25) is 0 Å². The van der Waals surface area contributed by atoms with Crippen LogP contribution in [0.1, 0.15) is 98.4 Å². The van der Waals surface area contributed by atoms with Crippen LogP contribution in [0.5, 0.6) is 0 Å². The smallest absolute Gasteiger partial charge is 0.303 e. The van der Waals surface area contributed by atoms with Gasteiger partial charge in [-0.15, -0.1) is 0 Å². The number of H-pyrrole nitrogens is 1. The lowest BCUT2D eigenvalue weighted by Gasteiger charge is -2.06. The van der Waals surface area contributed by atoms with Crippen LogP contribution < -0.4 is 0 Å². The average Bonchev–Trinajstić information content (AvgIpc) is 3.62. The zero-order chi connectivity index (χ0) is 31.9. The highest BCUT2D eigenvalue weighted by atomic mass is 16.4. The minimum absolute atomic E-state index is 0.0533. The summed E-state index contributed by atoms with van der Waals surface area (Å²) in [5.41, 5.74) is 14.3. The molecule has 2 aliphatic rings. The molecule has 0 amide bonds. The molecule has 0 radical (unpaired) electrons. The Balaban J connectivity index is 1.99. The van der Waals surface area contributed by atoms with Gasteiger partial charge in [0.15, 0.2) is 0 Å². The Bertz CT molecular complexity index is 1920. The first-order valence-corrected chi connectivity index (χ1v) is 15.2. The third-order valence-corrected chi connectivity index (χ3v) is 9.09. The van der Waals surface area contributed by atoms with E-state index in [9.17, 15) is 24.9 Å². The number of carboxylic acid groups (broad SMARTS) is 2. The molecular formula is C35H40N4O5. The van der Waals surface area contributed by atoms with E-state index >= 15 is 0 Å². The number of aliphatic hydroxyl groups is 1. The van der Waals surface area contributed by atoms with Crippen molar-refractivity contribution in [3.63, 3.8) is 0 Å². The maximum atomic E-state index is 11.7. The highest BCUT2D eigenvalue weighted by Crippen LogP contribution is 2.37. The maximum absolute atomic E-state index is 11.7. The molecule has 44 heavy (non-hydrogen) atoms. The number of carbonyl (C=O) groups is 2. The van der Waals surface area contributed by atoms with E-state index in [1.807, 2.05) is 32.0 Å². The summed E-state index contributed by atoms with van der Waals surface area (Å²) in [7, 11) is 0. The fourth-order valence-corrected chi connectivity index (χ4v) is 6.60. The van der Waals surface area contributed by atoms with Gasteiger partial charge in [-0.3, -0.25) is 9.59 Å². The van der Waals surface area contributed by atoms with E-state index < -0.39 is 11.9 Å². The molecule has 9 heteroatoms. The number of aromatic nitrogens is 4. The summed E-state index contributed by atoms with van der Waals surface area (Å²) in [4.78, 5) is 37.0. The SMILES string of the molecule is CCC1=C(C)c2cc3[nH]c(cc4nc(cc5c(CCC(=O)O)c(C)c(cc1n2)n5CO)C(CCC(=O)O)=C4C)c(C)c3CC. The Morgan fingerprint density at radius 1 is 0.705 bits per heavy atom. The van der Waals surface area contributed by atoms with E-state index in [4.69, 9.17) is 9.97 Å². The van der Waals surface area contributed by atoms with Crippen LogP contribution in [0.3, 0.4) is 0 Å². The van der Waals surface area contributed by atoms with E-state index in [0.717, 1.165) is 85.5 Å². The molecule has 230 valence electrons. The van der Waals surface area contributed by atoms with Crippen molar-refractivity contribution in [2.75, 3.05) is 0 Å². The van der Waals surface area contributed by atoms with Gasteiger partial charge in [-0.2, -0.15) is 0 Å². The molecule has 3 aromatic heterocycles. The maximum Gasteiger partial charge on any atom is 0.303 e. The number of aliphatic hydroxyl groups excluding tert-OH is 1. The number of carboxylic acids is 2. The number of aliphatic carboxylic acids is 2. The monoisotopic (exact) mass is 596 g/mol. The first kappa shape index (κ1) is 30.9. The van der Waals surface area contributed by atoms with E-state index in [1.165, 1.54) is 5.56 Å². The van der Waals surface area contributed by atoms with Crippen molar-refractivity contribution in [3.8, 4) is 0 Å². The van der Waals surface area contributed by atoms with Crippen molar-refractivity contribution in [2.24, 2.45) is 0 Å². The zero-order valence-corrected chi connectivity index (χ0v) is 26.3. The lowest BCUT2D eigenvalue weighted by atomic mass is 10.00. The van der Waals surface area contributed by atoms with Crippen molar-refractivity contribution in [2.45, 2.75) is 86.8 Å². The van der Waals surface area contributed by atoms with Crippen LogP contribution in [-0.2, 0) is 29.2 Å². The fourth-order valence-electron chi connectivity index (χ4n) is 6.60. The summed E-state index contributed by atoms with van der Waals surface area (Å²) in [5, 5.41) is 29.8. The number of aromatic amines is 1. The number of hydrogen-bond donors (Lipinski definition) is 4. The first-order chi connectivity index (χ1) is 21.0. The minimum Gasteiger partial charge on any atom is -0.481 e. The van der Waals surface area contributed by atoms with E-state index in [-0.39, 0.29) is 32.4 Å². The van der Waals surface area contributed by atoms with Crippen LogP contribution in [-0.4, -0.2) is 46.8 Å². The number of nitrogens with one attached hydrogen (secondary N) is 1. The van der Waals surface area contributed by atoms with Crippen LogP contribution >= 0.6 is 0 Å². The molecule has 0 unspecified atom stereocenters. The molecule has 0 spiro atoms. The standard InChI is InChI=1S/C35H40N4O5/c1-7-22-18(3)26-13-27-20(5)24(9-11-34(41)42)31(38-27)16-33-25(10-12-35(43)44)21(6)32(39(33)17-40)15-30-23(8-2)19(4)28(37-30)14-29(22)36-26/h13-16,36,40H,7-12,17H2,1-6H3,(H,41,42)(H,43,44). The van der Waals surface area contributed by atoms with Crippen LogP contribution in [0.25, 0.3) is 44.4 Å². The van der Waals surface area contributed by atoms with Gasteiger partial charge < -0.3 is 24.9 Å². The van der Waals surface area contributed by atoms with Crippen molar-refractivity contribution >= 4 is 56.3 Å². The molecule has 0 aliphatic carbocycles. The second-order valence-corrected chi connectivity index (χ2v) is 11.5. The van der Waals surface area contributed by atoms with Crippen LogP contribution in [0, 0.1) is 13.8 Å². The van der Waals surface area contributed by atoms with Gasteiger partial charge >= 0.3 is 11.9 Å². The van der Waals surface area contributed by atoms with E-state index in [2.05, 4.69) is 38.7 Å². The fraction of sp³-hybridized carbons (Fsp3) is 0.371. The third kappa shape index (κ3) is 5.48. The minimum atomic E-state index is -0.911. The van der Waals surface area contributed by atoms with Gasteiger partial charge in [0.05, 0.1) is 22.8 Å². The molecular weight excluding hydrogens is 556 g/mol. The third-order valence-electron chi connectivity index (χ3n) is 9.09. The molecule has 4 N–H and O–H groups in total. The average molecular weight is 597 g/mol. The first-order valence-electron chi connectivity index (χ1n) is 15.2. The Hall–Kier alpha value is -4.50. The number of nitrogens with zero attached hydrogens (tertiary/aromatic N) is 3. The highest BCUT2D eigenvalue weighted by molar-refractivity contribution is 5.95. The second-order valence-electron chi connectivity index (χ2n) is 11.5. The molecule has 0 saturated carbocycles. The Labute approximate surface area is 256 Å². The number of fused-ring (bicyclic) bond motifs is 8. The van der Waals surface area contributed by atoms with Crippen LogP contribution in [0.4, 0.5) is 0 Å². The summed E-state index contributed by atoms with van der Waals surface area (Å²) in [5.74, 6) is -1.81. The molecule has 0 atom stereocenters. The van der Waals surface area contributed by atoms with Gasteiger partial charge in [-0.1, -0.05) is 13.8 Å². The lowest BCUT2D eigenvalue weighted by Crippen LogP contribution is -2.00. The molecule has 2 aliphatic heterocycles. The van der Waals surface area contributed by atoms with Gasteiger partial charge in [-0.25, -0.2) is 9.97 Å². The van der Waals surface area contributed by atoms with Crippen molar-refractivity contribution in [1.82, 2.24) is 19.5 Å². The molecule has 0 saturated heterocycles. The predicted molar refractivity (Wildman–Crippen MR) is 174 cm³/mol. The molecule has 8 bridgehead atoms. The number of hydrogen-bond acceptors (Lipinski definition) is 5. The van der Waals surface area contributed by atoms with E-state index in [0.29, 0.717) is 11.2 Å². The largest absolute Gasteiger partial charge is 0.481 e. The van der Waals surface area contributed by atoms with Crippen molar-refractivity contribution in [1.29, 1.82) is 0 Å². The van der Waals surface area contributed by atoms with Crippen molar-refractivity contribution in [3.05, 3.63) is 69.3 Å². The number of allylic oxidation sites excluding steroid dienone is 4. The summed E-state index contributed by atoms with van der Waals surface area (Å²) in [6, 6.07) is 7.98. The van der Waals surface area contributed by atoms with Crippen molar-refractivity contribution < 1.29 is 24.9 Å².